The van der Waals surface area contributed by atoms with Crippen LogP contribution in [-0.2, 0) is 0 Å². The molecule has 2 atom stereocenters. The Bertz CT molecular complexity index is 1460. The van der Waals surface area contributed by atoms with E-state index in [2.05, 4.69) is 51.0 Å². The lowest BCUT2D eigenvalue weighted by Crippen LogP contribution is -2.55. The molecule has 1 fully saturated rings. The zero-order valence-corrected chi connectivity index (χ0v) is 24.4. The highest BCUT2D eigenvalue weighted by Crippen LogP contribution is 2.39. The van der Waals surface area contributed by atoms with Crippen molar-refractivity contribution in [3.63, 3.8) is 0 Å². The van der Waals surface area contributed by atoms with Gasteiger partial charge in [-0.2, -0.15) is 4.98 Å². The van der Waals surface area contributed by atoms with Crippen molar-refractivity contribution in [1.29, 1.82) is 0 Å². The van der Waals surface area contributed by atoms with Crippen LogP contribution in [-0.4, -0.2) is 76.9 Å². The Kier molecular flexibility index (Phi) is 6.96. The van der Waals surface area contributed by atoms with Crippen molar-refractivity contribution < 1.29 is 9.18 Å². The smallest absolute Gasteiger partial charge is 0.270 e. The van der Waals surface area contributed by atoms with Gasteiger partial charge in [-0.1, -0.05) is 29.3 Å². The van der Waals surface area contributed by atoms with E-state index in [4.69, 9.17) is 23.2 Å². The summed E-state index contributed by atoms with van der Waals surface area (Å²) in [6, 6.07) is 4.01. The molecule has 4 aliphatic rings. The van der Waals surface area contributed by atoms with Crippen LogP contribution in [0.5, 0.6) is 0 Å². The first-order valence-electron chi connectivity index (χ1n) is 13.5. The number of aromatic nitrogens is 2. The molecule has 1 N–H and O–H groups in total. The maximum atomic E-state index is 15.5. The second-order valence-electron chi connectivity index (χ2n) is 10.8. The van der Waals surface area contributed by atoms with Gasteiger partial charge in [0.25, 0.3) is 5.91 Å². The lowest BCUT2D eigenvalue weighted by molar-refractivity contribution is 0.0873. The Hall–Kier alpha value is -3.21. The molecule has 2 aromatic rings. The maximum absolute atomic E-state index is 15.5. The van der Waals surface area contributed by atoms with Gasteiger partial charge in [-0.3, -0.25) is 19.6 Å². The number of benzene rings is 1. The summed E-state index contributed by atoms with van der Waals surface area (Å²) in [6.07, 6.45) is 4.64. The van der Waals surface area contributed by atoms with E-state index < -0.39 is 0 Å². The van der Waals surface area contributed by atoms with Crippen molar-refractivity contribution in [1.82, 2.24) is 19.8 Å². The van der Waals surface area contributed by atoms with Crippen LogP contribution in [0.1, 0.15) is 42.6 Å². The number of hydrogen-bond acceptors (Lipinski definition) is 8. The van der Waals surface area contributed by atoms with Gasteiger partial charge in [-0.25, -0.2) is 14.3 Å². The molecular weight excluding hydrogens is 554 g/mol. The fourth-order valence-electron chi connectivity index (χ4n) is 5.85. The highest BCUT2D eigenvalue weighted by atomic mass is 35.5. The van der Waals surface area contributed by atoms with Crippen molar-refractivity contribution in [3.05, 3.63) is 57.1 Å². The molecule has 1 aliphatic carbocycles. The van der Waals surface area contributed by atoms with E-state index in [1.807, 2.05) is 24.0 Å². The number of halogens is 3. The molecule has 12 heteroatoms. The van der Waals surface area contributed by atoms with Gasteiger partial charge >= 0.3 is 0 Å². The summed E-state index contributed by atoms with van der Waals surface area (Å²) in [5, 5.41) is 4.07. The number of nitrogens with zero attached hydrogens (tertiary/aromatic N) is 7. The average Bonchev–Trinajstić information content (AvgIpc) is 3.38. The lowest BCUT2D eigenvalue weighted by atomic mass is 10.1. The number of anilines is 4. The van der Waals surface area contributed by atoms with E-state index in [-0.39, 0.29) is 17.7 Å². The number of fused-ring (bicyclic) bond motifs is 3. The monoisotopic (exact) mass is 584 g/mol. The second kappa shape index (κ2) is 10.3. The molecule has 1 amide bonds. The molecule has 3 aliphatic heterocycles. The van der Waals surface area contributed by atoms with Gasteiger partial charge in [0.2, 0.25) is 11.9 Å². The molecule has 0 saturated carbocycles. The summed E-state index contributed by atoms with van der Waals surface area (Å²) in [4.78, 5) is 35.0. The summed E-state index contributed by atoms with van der Waals surface area (Å²) in [6.45, 7) is 8.78. The summed E-state index contributed by atoms with van der Waals surface area (Å²) in [5.74, 6) is 0.489. The van der Waals surface area contributed by atoms with Crippen molar-refractivity contribution in [2.24, 2.45) is 4.99 Å². The fourth-order valence-corrected chi connectivity index (χ4v) is 6.51. The minimum Gasteiger partial charge on any atom is -0.366 e. The van der Waals surface area contributed by atoms with Crippen LogP contribution < -0.4 is 15.1 Å². The maximum Gasteiger partial charge on any atom is 0.270 e. The fraction of sp³-hybridized carbons (Fsp3) is 0.429. The number of nitrogens with one attached hydrogen (secondary N) is 1. The number of carbonyl (C=O) groups is 1. The van der Waals surface area contributed by atoms with Crippen molar-refractivity contribution >= 4 is 58.2 Å². The third-order valence-corrected chi connectivity index (χ3v) is 8.76. The summed E-state index contributed by atoms with van der Waals surface area (Å²) in [7, 11) is 2.11. The van der Waals surface area contributed by atoms with E-state index in [1.165, 1.54) is 17.2 Å². The Balaban J connectivity index is 1.29. The van der Waals surface area contributed by atoms with Gasteiger partial charge in [0.15, 0.2) is 5.82 Å². The lowest BCUT2D eigenvalue weighted by Gasteiger charge is -2.44. The molecule has 0 spiro atoms. The van der Waals surface area contributed by atoms with Crippen molar-refractivity contribution in [2.75, 3.05) is 48.3 Å². The largest absolute Gasteiger partial charge is 0.366 e. The van der Waals surface area contributed by atoms with E-state index in [9.17, 15) is 4.79 Å². The van der Waals surface area contributed by atoms with Crippen molar-refractivity contribution in [3.8, 4) is 0 Å². The van der Waals surface area contributed by atoms with Crippen LogP contribution in [0.3, 0.4) is 0 Å². The Morgan fingerprint density at radius 2 is 1.90 bits per heavy atom. The number of rotatable bonds is 4. The Morgan fingerprint density at radius 3 is 2.60 bits per heavy atom. The molecule has 0 radical (unpaired) electrons. The highest BCUT2D eigenvalue weighted by molar-refractivity contribution is 6.37. The number of likely N-dealkylation sites (N-methyl/N-ethyl adjacent to an activating group) is 1. The number of carbonyl (C=O) groups excluding carboxylic acids is 1. The van der Waals surface area contributed by atoms with E-state index >= 15 is 4.39 Å². The first kappa shape index (κ1) is 27.0. The Morgan fingerprint density at radius 1 is 1.15 bits per heavy atom. The highest BCUT2D eigenvalue weighted by Gasteiger charge is 2.42. The van der Waals surface area contributed by atoms with E-state index in [1.54, 1.807) is 0 Å². The molecule has 1 aromatic heterocycles. The SMILES string of the molecule is Cc1cc(Nc2ncc3c(n2)N2CCN=C2N(C2=C(Cl)CCC=C2Cl)C3=O)cc(F)c1N1CC(C)N(C)C(C)C1. The standard InChI is InChI=1S/C28H31Cl2FN8O/c1-15-10-18(11-22(31)23(15)37-13-16(2)36(4)17(3)14-37)34-27-33-12-19-25(35-27)38-9-8-32-28(38)39(26(19)40)24-20(29)6-5-7-21(24)30/h6,10-12,16-17H,5,7-9,13-14H2,1-4H3,(H,33,34,35). The van der Waals surface area contributed by atoms with Crippen molar-refractivity contribution in [2.45, 2.75) is 45.7 Å². The predicted molar refractivity (Wildman–Crippen MR) is 157 cm³/mol. The van der Waals surface area contributed by atoms with E-state index in [0.29, 0.717) is 82.5 Å². The minimum atomic E-state index is -0.345. The molecule has 1 aromatic carbocycles. The van der Waals surface area contributed by atoms with Gasteiger partial charge in [-0.05, 0) is 58.4 Å². The topological polar surface area (TPSA) is 80.2 Å². The number of aliphatic imine (C=N–C) groups is 1. The van der Waals surface area contributed by atoms with Gasteiger partial charge in [0, 0.05) is 48.6 Å². The third-order valence-electron chi connectivity index (χ3n) is 8.06. The summed E-state index contributed by atoms with van der Waals surface area (Å²) >= 11 is 13.0. The summed E-state index contributed by atoms with van der Waals surface area (Å²) in [5.41, 5.74) is 2.74. The number of amides is 1. The molecule has 210 valence electrons. The molecular formula is C28H31Cl2FN8O. The van der Waals surface area contributed by atoms with Crippen LogP contribution in [0.4, 0.5) is 27.5 Å². The third kappa shape index (κ3) is 4.52. The first-order valence-corrected chi connectivity index (χ1v) is 14.2. The van der Waals surface area contributed by atoms with Crippen LogP contribution in [0.15, 0.2) is 45.2 Å². The van der Waals surface area contributed by atoms with Gasteiger partial charge in [0.05, 0.1) is 23.0 Å². The van der Waals surface area contributed by atoms with Gasteiger partial charge in [0.1, 0.15) is 11.4 Å². The van der Waals surface area contributed by atoms with Crippen LogP contribution in [0.25, 0.3) is 0 Å². The molecule has 0 bridgehead atoms. The van der Waals surface area contributed by atoms with Gasteiger partial charge < -0.3 is 10.2 Å². The number of aryl methyl sites for hydroxylation is 1. The van der Waals surface area contributed by atoms with Crippen LogP contribution >= 0.6 is 23.2 Å². The average molecular weight is 586 g/mol. The number of allylic oxidation sites excluding steroid dienone is 3. The predicted octanol–water partition coefficient (Wildman–Crippen LogP) is 5.20. The normalized spacial score (nSPS) is 23.3. The quantitative estimate of drug-likeness (QED) is 0.529. The summed E-state index contributed by atoms with van der Waals surface area (Å²) < 4.78 is 15.5. The number of piperazine rings is 1. The zero-order valence-electron chi connectivity index (χ0n) is 22.9. The molecule has 9 nitrogen and oxygen atoms in total. The number of guanidine groups is 1. The van der Waals surface area contributed by atoms with Gasteiger partial charge in [-0.15, -0.1) is 0 Å². The molecule has 40 heavy (non-hydrogen) atoms. The Labute approximate surface area is 243 Å². The number of hydrogen-bond donors (Lipinski definition) is 1. The molecule has 6 rings (SSSR count). The molecule has 4 heterocycles. The minimum absolute atomic E-state index is 0.257. The van der Waals surface area contributed by atoms with E-state index in [0.717, 1.165) is 18.7 Å². The molecule has 2 unspecified atom stereocenters. The first-order chi connectivity index (χ1) is 19.1. The van der Waals surface area contributed by atoms with Crippen LogP contribution in [0.2, 0.25) is 0 Å². The van der Waals surface area contributed by atoms with Crippen LogP contribution in [0, 0.1) is 12.7 Å². The zero-order chi connectivity index (χ0) is 28.3. The second-order valence-corrected chi connectivity index (χ2v) is 11.6. The molecule has 1 saturated heterocycles.